The van der Waals surface area contributed by atoms with Crippen LogP contribution in [0, 0.1) is 5.92 Å². The van der Waals surface area contributed by atoms with Crippen LogP contribution in [-0.4, -0.2) is 17.1 Å². The van der Waals surface area contributed by atoms with E-state index in [2.05, 4.69) is 19.1 Å². The Morgan fingerprint density at radius 3 is 1.88 bits per heavy atom. The van der Waals surface area contributed by atoms with Gasteiger partial charge in [-0.15, -0.1) is 0 Å². The molecule has 3 heteroatoms. The zero-order chi connectivity index (χ0) is 18.0. The highest BCUT2D eigenvalue weighted by molar-refractivity contribution is 5.70. The first-order valence-corrected chi connectivity index (χ1v) is 10.3. The number of unbranched alkanes of at least 4 members (excludes halogenated alkanes) is 10. The van der Waals surface area contributed by atoms with E-state index >= 15 is 0 Å². The summed E-state index contributed by atoms with van der Waals surface area (Å²) < 4.78 is 0. The zero-order valence-electron chi connectivity index (χ0n) is 16.1. The van der Waals surface area contributed by atoms with Crippen LogP contribution in [0.25, 0.3) is 0 Å². The van der Waals surface area contributed by atoms with Gasteiger partial charge in [-0.3, -0.25) is 4.79 Å². The van der Waals surface area contributed by atoms with Crippen LogP contribution in [0.1, 0.15) is 104 Å². The molecule has 2 atom stereocenters. The first-order valence-electron chi connectivity index (χ1n) is 10.3. The number of hydrogen-bond acceptors (Lipinski definition) is 2. The molecule has 0 radical (unpaired) electrons. The first kappa shape index (κ1) is 23.2. The quantitative estimate of drug-likeness (QED) is 0.249. The number of allylic oxidation sites excluding steroid dienone is 2. The lowest BCUT2D eigenvalue weighted by Crippen LogP contribution is -2.34. The van der Waals surface area contributed by atoms with Gasteiger partial charge in [0.2, 0.25) is 0 Å². The SMILES string of the molecule is CCCCCCCC/C=C\CCCCCCC(C(=O)O)C(N)CC. The van der Waals surface area contributed by atoms with E-state index in [-0.39, 0.29) is 12.0 Å². The smallest absolute Gasteiger partial charge is 0.308 e. The molecule has 0 amide bonds. The highest BCUT2D eigenvalue weighted by atomic mass is 16.4. The van der Waals surface area contributed by atoms with E-state index in [0.29, 0.717) is 0 Å². The Hall–Kier alpha value is -0.830. The van der Waals surface area contributed by atoms with Gasteiger partial charge in [0.25, 0.3) is 0 Å². The molecule has 0 aromatic carbocycles. The molecule has 2 unspecified atom stereocenters. The summed E-state index contributed by atoms with van der Waals surface area (Å²) in [5.41, 5.74) is 5.88. The van der Waals surface area contributed by atoms with Gasteiger partial charge in [0.05, 0.1) is 5.92 Å². The summed E-state index contributed by atoms with van der Waals surface area (Å²) in [7, 11) is 0. The molecule has 0 bridgehead atoms. The Balaban J connectivity index is 3.43. The van der Waals surface area contributed by atoms with Crippen molar-refractivity contribution in [1.82, 2.24) is 0 Å². The topological polar surface area (TPSA) is 63.3 Å². The summed E-state index contributed by atoms with van der Waals surface area (Å²) >= 11 is 0. The van der Waals surface area contributed by atoms with Gasteiger partial charge < -0.3 is 10.8 Å². The van der Waals surface area contributed by atoms with Gasteiger partial charge in [-0.25, -0.2) is 0 Å². The second-order valence-corrected chi connectivity index (χ2v) is 7.04. The van der Waals surface area contributed by atoms with Crippen LogP contribution in [-0.2, 0) is 4.79 Å². The van der Waals surface area contributed by atoms with E-state index in [4.69, 9.17) is 5.73 Å². The normalized spacial score (nSPS) is 14.1. The molecule has 0 aromatic rings. The van der Waals surface area contributed by atoms with Gasteiger partial charge >= 0.3 is 5.97 Å². The Labute approximate surface area is 150 Å². The highest BCUT2D eigenvalue weighted by Gasteiger charge is 2.22. The minimum Gasteiger partial charge on any atom is -0.481 e. The maximum Gasteiger partial charge on any atom is 0.308 e. The number of aliphatic carboxylic acids is 1. The van der Waals surface area contributed by atoms with Crippen LogP contribution in [0.2, 0.25) is 0 Å². The number of hydrogen-bond donors (Lipinski definition) is 2. The predicted octanol–water partition coefficient (Wildman–Crippen LogP) is 6.07. The van der Waals surface area contributed by atoms with Gasteiger partial charge in [0.1, 0.15) is 0 Å². The van der Waals surface area contributed by atoms with Crippen molar-refractivity contribution in [1.29, 1.82) is 0 Å². The van der Waals surface area contributed by atoms with Gasteiger partial charge in [-0.2, -0.15) is 0 Å². The van der Waals surface area contributed by atoms with Crippen molar-refractivity contribution in [3.05, 3.63) is 12.2 Å². The van der Waals surface area contributed by atoms with Crippen LogP contribution in [0.15, 0.2) is 12.2 Å². The lowest BCUT2D eigenvalue weighted by molar-refractivity contribution is -0.142. The number of rotatable bonds is 17. The Bertz CT molecular complexity index is 315. The molecular weight excluding hydrogens is 298 g/mol. The molecule has 3 nitrogen and oxygen atoms in total. The minimum atomic E-state index is -0.734. The molecule has 0 aliphatic heterocycles. The summed E-state index contributed by atoms with van der Waals surface area (Å²) in [6.45, 7) is 4.21. The van der Waals surface area contributed by atoms with Crippen molar-refractivity contribution < 1.29 is 9.90 Å². The van der Waals surface area contributed by atoms with Crippen LogP contribution in [0.5, 0.6) is 0 Å². The fraction of sp³-hybridized carbons (Fsp3) is 0.857. The van der Waals surface area contributed by atoms with E-state index in [0.717, 1.165) is 32.1 Å². The largest absolute Gasteiger partial charge is 0.481 e. The maximum atomic E-state index is 11.2. The van der Waals surface area contributed by atoms with Gasteiger partial charge in [0, 0.05) is 6.04 Å². The van der Waals surface area contributed by atoms with E-state index in [1.54, 1.807) is 0 Å². The summed E-state index contributed by atoms with van der Waals surface area (Å²) in [4.78, 5) is 11.2. The lowest BCUT2D eigenvalue weighted by atomic mass is 9.92. The molecule has 0 fully saturated rings. The average molecular weight is 340 g/mol. The molecule has 0 aliphatic carbocycles. The fourth-order valence-corrected chi connectivity index (χ4v) is 3.06. The molecule has 0 rings (SSSR count). The monoisotopic (exact) mass is 339 g/mol. The second-order valence-electron chi connectivity index (χ2n) is 7.04. The Morgan fingerprint density at radius 1 is 0.875 bits per heavy atom. The van der Waals surface area contributed by atoms with Gasteiger partial charge in [-0.1, -0.05) is 77.4 Å². The fourth-order valence-electron chi connectivity index (χ4n) is 3.06. The molecule has 0 spiro atoms. The number of nitrogens with two attached hydrogens (primary N) is 1. The number of carboxylic acid groups (broad SMARTS) is 1. The lowest BCUT2D eigenvalue weighted by Gasteiger charge is -2.18. The standard InChI is InChI=1S/C21H41NO2/c1-3-5-6-7-8-9-10-11-12-13-14-15-16-17-18-19(21(23)24)20(22)4-2/h11-12,19-20H,3-10,13-18,22H2,1-2H3,(H,23,24)/b12-11-. The molecule has 0 aromatic heterocycles. The third kappa shape index (κ3) is 13.6. The van der Waals surface area contributed by atoms with Crippen LogP contribution < -0.4 is 5.73 Å². The summed E-state index contributed by atoms with van der Waals surface area (Å²) in [6.07, 6.45) is 21.2. The van der Waals surface area contributed by atoms with E-state index < -0.39 is 5.97 Å². The molecule has 0 saturated heterocycles. The van der Waals surface area contributed by atoms with Crippen molar-refractivity contribution in [2.75, 3.05) is 0 Å². The first-order chi connectivity index (χ1) is 11.6. The predicted molar refractivity (Wildman–Crippen MR) is 104 cm³/mol. The third-order valence-electron chi connectivity index (χ3n) is 4.83. The van der Waals surface area contributed by atoms with Crippen molar-refractivity contribution in [3.8, 4) is 0 Å². The Morgan fingerprint density at radius 2 is 1.38 bits per heavy atom. The molecule has 142 valence electrons. The molecule has 24 heavy (non-hydrogen) atoms. The van der Waals surface area contributed by atoms with Gasteiger partial charge in [-0.05, 0) is 38.5 Å². The van der Waals surface area contributed by atoms with Crippen LogP contribution >= 0.6 is 0 Å². The molecule has 0 saturated carbocycles. The van der Waals surface area contributed by atoms with Crippen molar-refractivity contribution in [2.45, 2.75) is 110 Å². The third-order valence-corrected chi connectivity index (χ3v) is 4.83. The summed E-state index contributed by atoms with van der Waals surface area (Å²) in [5.74, 6) is -1.10. The highest BCUT2D eigenvalue weighted by Crippen LogP contribution is 2.16. The average Bonchev–Trinajstić information content (AvgIpc) is 2.57. The van der Waals surface area contributed by atoms with Crippen molar-refractivity contribution in [3.63, 3.8) is 0 Å². The van der Waals surface area contributed by atoms with Crippen molar-refractivity contribution in [2.24, 2.45) is 11.7 Å². The van der Waals surface area contributed by atoms with Crippen molar-refractivity contribution >= 4 is 5.97 Å². The van der Waals surface area contributed by atoms with Gasteiger partial charge in [0.15, 0.2) is 0 Å². The zero-order valence-corrected chi connectivity index (χ0v) is 16.1. The van der Waals surface area contributed by atoms with E-state index in [1.807, 2.05) is 6.92 Å². The second kappa shape index (κ2) is 17.0. The number of carboxylic acids is 1. The molecular formula is C21H41NO2. The summed E-state index contributed by atoms with van der Waals surface area (Å²) in [5, 5.41) is 9.19. The summed E-state index contributed by atoms with van der Waals surface area (Å²) in [6, 6.07) is -0.201. The molecule has 3 N–H and O–H groups in total. The Kier molecular flexibility index (Phi) is 16.4. The van der Waals surface area contributed by atoms with Crippen LogP contribution in [0.3, 0.4) is 0 Å². The molecule has 0 aliphatic rings. The number of carbonyl (C=O) groups is 1. The minimum absolute atomic E-state index is 0.201. The van der Waals surface area contributed by atoms with E-state index in [9.17, 15) is 9.90 Å². The van der Waals surface area contributed by atoms with E-state index in [1.165, 1.54) is 57.8 Å². The maximum absolute atomic E-state index is 11.2. The van der Waals surface area contributed by atoms with Crippen LogP contribution in [0.4, 0.5) is 0 Å². The molecule has 0 heterocycles.